The number of H-pyrrole nitrogens is 1. The molecule has 2 rings (SSSR count). The van der Waals surface area contributed by atoms with Gasteiger partial charge in [0.25, 0.3) is 11.5 Å². The van der Waals surface area contributed by atoms with Crippen molar-refractivity contribution in [2.45, 2.75) is 12.8 Å². The number of carbonyl (C=O) groups is 1. The number of rotatable bonds is 5. The molecule has 5 nitrogen and oxygen atoms in total. The first-order valence-corrected chi connectivity index (χ1v) is 6.32. The van der Waals surface area contributed by atoms with E-state index in [1.807, 2.05) is 18.2 Å². The lowest BCUT2D eigenvalue weighted by atomic mass is 10.1. The van der Waals surface area contributed by atoms with Crippen LogP contribution in [0, 0.1) is 0 Å². The predicted octanol–water partition coefficient (Wildman–Crippen LogP) is 0.997. The molecule has 0 spiro atoms. The van der Waals surface area contributed by atoms with E-state index in [0.29, 0.717) is 13.1 Å². The molecule has 0 bridgehead atoms. The van der Waals surface area contributed by atoms with E-state index >= 15 is 0 Å². The third kappa shape index (κ3) is 3.20. The standard InChI is InChI=1S/C14H17N3O2/c15-7-3-4-8-16-13(18)11-9-10-5-1-2-6-12(10)17-14(11)19/h1-2,5-6,9H,3-4,7-8,15H2,(H,16,18)(H,17,19). The van der Waals surface area contributed by atoms with Crippen LogP contribution in [0.3, 0.4) is 0 Å². The van der Waals surface area contributed by atoms with Crippen molar-refractivity contribution < 1.29 is 4.79 Å². The van der Waals surface area contributed by atoms with Crippen LogP contribution in [0.5, 0.6) is 0 Å². The minimum atomic E-state index is -0.366. The number of amides is 1. The number of carbonyl (C=O) groups excluding carboxylic acids is 1. The molecule has 5 heteroatoms. The maximum absolute atomic E-state index is 11.9. The summed E-state index contributed by atoms with van der Waals surface area (Å²) in [4.78, 5) is 26.4. The summed E-state index contributed by atoms with van der Waals surface area (Å²) in [7, 11) is 0. The maximum Gasteiger partial charge on any atom is 0.261 e. The van der Waals surface area contributed by atoms with E-state index in [2.05, 4.69) is 10.3 Å². The molecule has 2 aromatic rings. The van der Waals surface area contributed by atoms with Gasteiger partial charge >= 0.3 is 0 Å². The van der Waals surface area contributed by atoms with E-state index in [0.717, 1.165) is 23.7 Å². The van der Waals surface area contributed by atoms with Crippen molar-refractivity contribution in [3.05, 3.63) is 46.2 Å². The molecule has 0 aliphatic rings. The summed E-state index contributed by atoms with van der Waals surface area (Å²) in [6.07, 6.45) is 1.67. The lowest BCUT2D eigenvalue weighted by Crippen LogP contribution is -2.30. The topological polar surface area (TPSA) is 88.0 Å². The number of hydrogen-bond acceptors (Lipinski definition) is 3. The largest absolute Gasteiger partial charge is 0.352 e. The lowest BCUT2D eigenvalue weighted by molar-refractivity contribution is 0.0951. The van der Waals surface area contributed by atoms with Gasteiger partial charge in [-0.25, -0.2) is 0 Å². The fraction of sp³-hybridized carbons (Fsp3) is 0.286. The van der Waals surface area contributed by atoms with Crippen molar-refractivity contribution in [2.24, 2.45) is 5.73 Å². The number of aromatic amines is 1. The highest BCUT2D eigenvalue weighted by Gasteiger charge is 2.10. The summed E-state index contributed by atoms with van der Waals surface area (Å²) in [5, 5.41) is 3.57. The Morgan fingerprint density at radius 1 is 1.26 bits per heavy atom. The zero-order chi connectivity index (χ0) is 13.7. The molecular weight excluding hydrogens is 242 g/mol. The molecule has 0 aliphatic carbocycles. The monoisotopic (exact) mass is 259 g/mol. The Labute approximate surface area is 110 Å². The number of nitrogens with one attached hydrogen (secondary N) is 2. The van der Waals surface area contributed by atoms with Gasteiger partial charge in [-0.3, -0.25) is 9.59 Å². The molecule has 1 aromatic heterocycles. The average Bonchev–Trinajstić information content (AvgIpc) is 2.42. The van der Waals surface area contributed by atoms with Gasteiger partial charge in [-0.1, -0.05) is 18.2 Å². The highest BCUT2D eigenvalue weighted by Crippen LogP contribution is 2.09. The fourth-order valence-corrected chi connectivity index (χ4v) is 1.88. The Morgan fingerprint density at radius 2 is 2.05 bits per heavy atom. The summed E-state index contributed by atoms with van der Waals surface area (Å²) in [6.45, 7) is 1.13. The second-order valence-electron chi connectivity index (χ2n) is 4.35. The van der Waals surface area contributed by atoms with Gasteiger partial charge in [0.2, 0.25) is 0 Å². The van der Waals surface area contributed by atoms with Gasteiger partial charge in [0, 0.05) is 12.1 Å². The van der Waals surface area contributed by atoms with Crippen LogP contribution in [0.15, 0.2) is 35.1 Å². The van der Waals surface area contributed by atoms with E-state index in [1.165, 1.54) is 0 Å². The number of pyridine rings is 1. The second kappa shape index (κ2) is 6.15. The van der Waals surface area contributed by atoms with Crippen LogP contribution >= 0.6 is 0 Å². The summed E-state index contributed by atoms with van der Waals surface area (Å²) >= 11 is 0. The van der Waals surface area contributed by atoms with Crippen LogP contribution < -0.4 is 16.6 Å². The van der Waals surface area contributed by atoms with Gasteiger partial charge < -0.3 is 16.0 Å². The van der Waals surface area contributed by atoms with Crippen LogP contribution in [0.4, 0.5) is 0 Å². The number of benzene rings is 1. The Bertz CT molecular complexity index is 634. The van der Waals surface area contributed by atoms with Crippen LogP contribution in [0.1, 0.15) is 23.2 Å². The molecule has 0 atom stereocenters. The molecule has 0 saturated heterocycles. The quantitative estimate of drug-likeness (QED) is 0.700. The highest BCUT2D eigenvalue weighted by molar-refractivity contribution is 5.97. The van der Waals surface area contributed by atoms with Crippen molar-refractivity contribution in [2.75, 3.05) is 13.1 Å². The van der Waals surface area contributed by atoms with Gasteiger partial charge in [0.05, 0.1) is 0 Å². The van der Waals surface area contributed by atoms with Crippen molar-refractivity contribution in [3.63, 3.8) is 0 Å². The number of fused-ring (bicyclic) bond motifs is 1. The first kappa shape index (κ1) is 13.3. The Hall–Kier alpha value is -2.14. The zero-order valence-corrected chi connectivity index (χ0v) is 10.6. The first-order valence-electron chi connectivity index (χ1n) is 6.32. The van der Waals surface area contributed by atoms with Gasteiger partial charge in [-0.15, -0.1) is 0 Å². The first-order chi connectivity index (χ1) is 9.22. The van der Waals surface area contributed by atoms with Gasteiger partial charge in [-0.2, -0.15) is 0 Å². The van der Waals surface area contributed by atoms with Crippen molar-refractivity contribution in [1.82, 2.24) is 10.3 Å². The molecule has 1 aromatic carbocycles. The van der Waals surface area contributed by atoms with Crippen LogP contribution in [-0.2, 0) is 0 Å². The molecule has 0 aliphatic heterocycles. The fourth-order valence-electron chi connectivity index (χ4n) is 1.88. The Balaban J connectivity index is 2.17. The smallest absolute Gasteiger partial charge is 0.261 e. The molecule has 0 saturated carbocycles. The third-order valence-electron chi connectivity index (χ3n) is 2.91. The van der Waals surface area contributed by atoms with Crippen molar-refractivity contribution in [1.29, 1.82) is 0 Å². The SMILES string of the molecule is NCCCCNC(=O)c1cc2ccccc2[nH]c1=O. The molecule has 19 heavy (non-hydrogen) atoms. The minimum absolute atomic E-state index is 0.145. The summed E-state index contributed by atoms with van der Waals surface area (Å²) < 4.78 is 0. The van der Waals surface area contributed by atoms with E-state index < -0.39 is 0 Å². The summed E-state index contributed by atoms with van der Waals surface area (Å²) in [5.74, 6) is -0.343. The van der Waals surface area contributed by atoms with Crippen LogP contribution in [-0.4, -0.2) is 24.0 Å². The van der Waals surface area contributed by atoms with E-state index in [1.54, 1.807) is 12.1 Å². The molecule has 1 heterocycles. The minimum Gasteiger partial charge on any atom is -0.352 e. The molecule has 4 N–H and O–H groups in total. The highest BCUT2D eigenvalue weighted by atomic mass is 16.2. The van der Waals surface area contributed by atoms with E-state index in [4.69, 9.17) is 5.73 Å². The normalized spacial score (nSPS) is 10.6. The lowest BCUT2D eigenvalue weighted by Gasteiger charge is -2.05. The number of aromatic nitrogens is 1. The number of unbranched alkanes of at least 4 members (excludes halogenated alkanes) is 1. The van der Waals surface area contributed by atoms with Gasteiger partial charge in [-0.05, 0) is 36.9 Å². The average molecular weight is 259 g/mol. The number of nitrogens with two attached hydrogens (primary N) is 1. The van der Waals surface area contributed by atoms with Crippen LogP contribution in [0.25, 0.3) is 10.9 Å². The third-order valence-corrected chi connectivity index (χ3v) is 2.91. The summed E-state index contributed by atoms with van der Waals surface area (Å²) in [6, 6.07) is 8.98. The Morgan fingerprint density at radius 3 is 2.84 bits per heavy atom. The van der Waals surface area contributed by atoms with E-state index in [-0.39, 0.29) is 17.0 Å². The zero-order valence-electron chi connectivity index (χ0n) is 10.6. The second-order valence-corrected chi connectivity index (χ2v) is 4.35. The molecular formula is C14H17N3O2. The van der Waals surface area contributed by atoms with E-state index in [9.17, 15) is 9.59 Å². The maximum atomic E-state index is 11.9. The molecule has 0 fully saturated rings. The predicted molar refractivity (Wildman–Crippen MR) is 75.2 cm³/mol. The van der Waals surface area contributed by atoms with Crippen molar-refractivity contribution >= 4 is 16.8 Å². The number of para-hydroxylation sites is 1. The summed E-state index contributed by atoms with van der Waals surface area (Å²) in [5.41, 5.74) is 5.88. The van der Waals surface area contributed by atoms with Crippen molar-refractivity contribution in [3.8, 4) is 0 Å². The molecule has 1 amide bonds. The number of hydrogen-bond donors (Lipinski definition) is 3. The molecule has 0 unspecified atom stereocenters. The van der Waals surface area contributed by atoms with Crippen LogP contribution in [0.2, 0.25) is 0 Å². The molecule has 0 radical (unpaired) electrons. The van der Waals surface area contributed by atoms with Gasteiger partial charge in [0.1, 0.15) is 5.56 Å². The van der Waals surface area contributed by atoms with Gasteiger partial charge in [0.15, 0.2) is 0 Å². The molecule has 100 valence electrons. The Kier molecular flexibility index (Phi) is 4.30.